The summed E-state index contributed by atoms with van der Waals surface area (Å²) in [5, 5.41) is 3.47. The molecule has 2 rings (SSSR count). The average Bonchev–Trinajstić information content (AvgIpc) is 3.14. The largest absolute Gasteiger partial charge is 0.401 e. The van der Waals surface area contributed by atoms with Crippen molar-refractivity contribution in [3.8, 4) is 0 Å². The highest BCUT2D eigenvalue weighted by atomic mass is 19.4. The molecular weight excluding hydrogens is 265 g/mol. The van der Waals surface area contributed by atoms with Gasteiger partial charge in [-0.15, -0.1) is 0 Å². The van der Waals surface area contributed by atoms with Crippen LogP contribution in [0.15, 0.2) is 0 Å². The van der Waals surface area contributed by atoms with Crippen LogP contribution in [0, 0.1) is 11.8 Å². The maximum Gasteiger partial charge on any atom is 0.401 e. The van der Waals surface area contributed by atoms with Gasteiger partial charge in [0.2, 0.25) is 0 Å². The molecule has 0 spiro atoms. The molecule has 0 radical (unpaired) electrons. The topological polar surface area (TPSA) is 15.3 Å². The fraction of sp³-hybridized carbons (Fsp3) is 1.00. The minimum absolute atomic E-state index is 0.177. The molecule has 0 saturated heterocycles. The van der Waals surface area contributed by atoms with E-state index in [1.54, 1.807) is 4.90 Å². The zero-order valence-electron chi connectivity index (χ0n) is 12.5. The van der Waals surface area contributed by atoms with Gasteiger partial charge in [0.15, 0.2) is 0 Å². The van der Waals surface area contributed by atoms with Crippen molar-refractivity contribution >= 4 is 0 Å². The number of hydrogen-bond acceptors (Lipinski definition) is 2. The molecule has 5 heteroatoms. The monoisotopic (exact) mass is 292 g/mol. The van der Waals surface area contributed by atoms with Crippen molar-refractivity contribution in [2.45, 2.75) is 64.2 Å². The first-order valence-electron chi connectivity index (χ1n) is 7.93. The van der Waals surface area contributed by atoms with Gasteiger partial charge in [0.1, 0.15) is 0 Å². The van der Waals surface area contributed by atoms with Crippen molar-refractivity contribution in [2.75, 3.05) is 19.6 Å². The van der Waals surface area contributed by atoms with Crippen LogP contribution in [0.3, 0.4) is 0 Å². The third-order valence-corrected chi connectivity index (χ3v) is 4.63. The lowest BCUT2D eigenvalue weighted by molar-refractivity contribution is -0.149. The van der Waals surface area contributed by atoms with Crippen LogP contribution >= 0.6 is 0 Å². The standard InChI is InChI=1S/C15H27F3N2/c1-3-19-14-7-4-11(2)8-12(14)9-20(13-5-6-13)10-15(16,17)18/h11-14,19H,3-10H2,1-2H3. The molecule has 2 nitrogen and oxygen atoms in total. The minimum Gasteiger partial charge on any atom is -0.314 e. The molecule has 0 aromatic rings. The minimum atomic E-state index is -4.07. The summed E-state index contributed by atoms with van der Waals surface area (Å²) >= 11 is 0. The Morgan fingerprint density at radius 3 is 2.40 bits per heavy atom. The molecule has 3 atom stereocenters. The Kier molecular flexibility index (Phi) is 5.35. The number of hydrogen-bond donors (Lipinski definition) is 1. The van der Waals surface area contributed by atoms with Crippen molar-refractivity contribution in [1.82, 2.24) is 10.2 Å². The summed E-state index contributed by atoms with van der Waals surface area (Å²) in [7, 11) is 0. The molecule has 3 unspecified atom stereocenters. The maximum absolute atomic E-state index is 12.7. The second-order valence-electron chi connectivity index (χ2n) is 6.62. The van der Waals surface area contributed by atoms with Crippen molar-refractivity contribution in [3.05, 3.63) is 0 Å². The van der Waals surface area contributed by atoms with Crippen molar-refractivity contribution < 1.29 is 13.2 Å². The predicted molar refractivity (Wildman–Crippen MR) is 74.6 cm³/mol. The number of nitrogens with one attached hydrogen (secondary N) is 1. The Labute approximate surface area is 120 Å². The van der Waals surface area contributed by atoms with Crippen LogP contribution < -0.4 is 5.32 Å². The lowest BCUT2D eigenvalue weighted by atomic mass is 9.78. The first-order chi connectivity index (χ1) is 9.39. The molecule has 2 saturated carbocycles. The van der Waals surface area contributed by atoms with E-state index in [0.29, 0.717) is 24.4 Å². The number of alkyl halides is 3. The van der Waals surface area contributed by atoms with Gasteiger partial charge < -0.3 is 5.32 Å². The molecule has 1 N–H and O–H groups in total. The number of rotatable bonds is 6. The van der Waals surface area contributed by atoms with Gasteiger partial charge in [0, 0.05) is 18.6 Å². The average molecular weight is 292 g/mol. The molecule has 0 aliphatic heterocycles. The Morgan fingerprint density at radius 1 is 1.15 bits per heavy atom. The van der Waals surface area contributed by atoms with E-state index >= 15 is 0 Å². The third-order valence-electron chi connectivity index (χ3n) is 4.63. The van der Waals surface area contributed by atoms with Crippen molar-refractivity contribution in [2.24, 2.45) is 11.8 Å². The lowest BCUT2D eigenvalue weighted by Crippen LogP contribution is -2.48. The summed E-state index contributed by atoms with van der Waals surface area (Å²) in [6.45, 7) is 5.07. The van der Waals surface area contributed by atoms with Gasteiger partial charge in [0.25, 0.3) is 0 Å². The predicted octanol–water partition coefficient (Wildman–Crippen LogP) is 3.43. The fourth-order valence-corrected chi connectivity index (χ4v) is 3.55. The number of halogens is 3. The molecule has 2 fully saturated rings. The van der Waals surface area contributed by atoms with E-state index in [2.05, 4.69) is 19.2 Å². The van der Waals surface area contributed by atoms with Crippen molar-refractivity contribution in [3.63, 3.8) is 0 Å². The zero-order chi connectivity index (χ0) is 14.8. The Bertz CT molecular complexity index is 302. The highest BCUT2D eigenvalue weighted by molar-refractivity contribution is 4.91. The van der Waals surface area contributed by atoms with Crippen LogP contribution in [-0.2, 0) is 0 Å². The van der Waals surface area contributed by atoms with Crippen LogP contribution in [0.1, 0.15) is 46.0 Å². The van der Waals surface area contributed by atoms with Gasteiger partial charge >= 0.3 is 6.18 Å². The normalized spacial score (nSPS) is 31.8. The molecule has 2 aliphatic rings. The van der Waals surface area contributed by atoms with E-state index in [4.69, 9.17) is 0 Å². The van der Waals surface area contributed by atoms with Crippen LogP contribution in [-0.4, -0.2) is 42.8 Å². The van der Waals surface area contributed by atoms with Crippen molar-refractivity contribution in [1.29, 1.82) is 0 Å². The fourth-order valence-electron chi connectivity index (χ4n) is 3.55. The Hall–Kier alpha value is -0.290. The second kappa shape index (κ2) is 6.65. The first kappa shape index (κ1) is 16.1. The summed E-state index contributed by atoms with van der Waals surface area (Å²) in [5.74, 6) is 1.00. The Balaban J connectivity index is 1.95. The quantitative estimate of drug-likeness (QED) is 0.807. The van der Waals surface area contributed by atoms with Gasteiger partial charge in [-0.1, -0.05) is 13.8 Å². The van der Waals surface area contributed by atoms with Crippen LogP contribution in [0.5, 0.6) is 0 Å². The molecule has 0 aromatic heterocycles. The van der Waals surface area contributed by atoms with E-state index in [1.807, 2.05) is 0 Å². The second-order valence-corrected chi connectivity index (χ2v) is 6.62. The van der Waals surface area contributed by atoms with Crippen LogP contribution in [0.25, 0.3) is 0 Å². The van der Waals surface area contributed by atoms with Gasteiger partial charge in [0.05, 0.1) is 6.54 Å². The molecule has 0 aromatic carbocycles. The third kappa shape index (κ3) is 4.92. The SMILES string of the molecule is CCNC1CCC(C)CC1CN(CC(F)(F)F)C1CC1. The van der Waals surface area contributed by atoms with E-state index in [-0.39, 0.29) is 6.04 Å². The smallest absolute Gasteiger partial charge is 0.314 e. The van der Waals surface area contributed by atoms with Crippen LogP contribution in [0.2, 0.25) is 0 Å². The molecular formula is C15H27F3N2. The van der Waals surface area contributed by atoms with Gasteiger partial charge in [-0.2, -0.15) is 13.2 Å². The lowest BCUT2D eigenvalue weighted by Gasteiger charge is -2.38. The van der Waals surface area contributed by atoms with E-state index in [9.17, 15) is 13.2 Å². The van der Waals surface area contributed by atoms with Gasteiger partial charge in [-0.3, -0.25) is 4.90 Å². The molecule has 0 bridgehead atoms. The first-order valence-corrected chi connectivity index (χ1v) is 7.93. The number of nitrogens with zero attached hydrogens (tertiary/aromatic N) is 1. The molecule has 0 heterocycles. The zero-order valence-corrected chi connectivity index (χ0v) is 12.5. The van der Waals surface area contributed by atoms with Gasteiger partial charge in [-0.25, -0.2) is 0 Å². The summed E-state index contributed by atoms with van der Waals surface area (Å²) in [6.07, 6.45) is 1.14. The van der Waals surface area contributed by atoms with E-state index in [1.165, 1.54) is 6.42 Å². The van der Waals surface area contributed by atoms with E-state index < -0.39 is 12.7 Å². The van der Waals surface area contributed by atoms with E-state index in [0.717, 1.165) is 32.2 Å². The summed E-state index contributed by atoms with van der Waals surface area (Å²) in [4.78, 5) is 1.69. The Morgan fingerprint density at radius 2 is 1.85 bits per heavy atom. The highest BCUT2D eigenvalue weighted by Crippen LogP contribution is 2.35. The molecule has 118 valence electrons. The summed E-state index contributed by atoms with van der Waals surface area (Å²) in [6, 6.07) is 0.571. The summed E-state index contributed by atoms with van der Waals surface area (Å²) < 4.78 is 38.1. The maximum atomic E-state index is 12.7. The highest BCUT2D eigenvalue weighted by Gasteiger charge is 2.40. The van der Waals surface area contributed by atoms with Gasteiger partial charge in [-0.05, 0) is 50.5 Å². The molecule has 20 heavy (non-hydrogen) atoms. The molecule has 2 aliphatic carbocycles. The summed E-state index contributed by atoms with van der Waals surface area (Å²) in [5.41, 5.74) is 0. The van der Waals surface area contributed by atoms with Crippen LogP contribution in [0.4, 0.5) is 13.2 Å². The molecule has 0 amide bonds.